The van der Waals surface area contributed by atoms with Crippen LogP contribution in [0.25, 0.3) is 0 Å². The van der Waals surface area contributed by atoms with Crippen molar-refractivity contribution in [2.24, 2.45) is 5.16 Å². The Morgan fingerprint density at radius 3 is 2.67 bits per heavy atom. The zero-order chi connectivity index (χ0) is 35.0. The van der Waals surface area contributed by atoms with E-state index in [0.717, 1.165) is 42.8 Å². The van der Waals surface area contributed by atoms with Crippen molar-refractivity contribution in [2.45, 2.75) is 75.8 Å². The van der Waals surface area contributed by atoms with Gasteiger partial charge in [-0.15, -0.1) is 15.6 Å². The summed E-state index contributed by atoms with van der Waals surface area (Å²) in [5.74, 6) is -2.76. The van der Waals surface area contributed by atoms with E-state index in [4.69, 9.17) is 25.3 Å². The molecule has 5 rings (SSSR count). The molecule has 3 aliphatic heterocycles. The van der Waals surface area contributed by atoms with Crippen molar-refractivity contribution in [3.05, 3.63) is 40.4 Å². The number of aliphatic carboxylic acids is 1. The van der Waals surface area contributed by atoms with Gasteiger partial charge in [0.05, 0.1) is 5.54 Å². The first-order chi connectivity index (χ1) is 22.5. The summed E-state index contributed by atoms with van der Waals surface area (Å²) in [6.45, 7) is 5.71. The van der Waals surface area contributed by atoms with E-state index in [1.165, 1.54) is 26.2 Å². The Labute approximate surface area is 279 Å². The number of ether oxygens (including phenoxy) is 1. The average Bonchev–Trinajstić information content (AvgIpc) is 3.47. The molecule has 260 valence electrons. The summed E-state index contributed by atoms with van der Waals surface area (Å²) in [5.41, 5.74) is 3.05. The summed E-state index contributed by atoms with van der Waals surface area (Å²) in [4.78, 5) is 48.3. The number of nitrogens with zero attached hydrogens (tertiary/aromatic N) is 3. The van der Waals surface area contributed by atoms with E-state index < -0.39 is 57.2 Å². The lowest BCUT2D eigenvalue weighted by Gasteiger charge is -2.50. The van der Waals surface area contributed by atoms with E-state index in [1.54, 1.807) is 12.1 Å². The number of carbonyl (C=O) groups excluding carboxylic acids is 2. The second kappa shape index (κ2) is 13.3. The number of thiazole rings is 1. The molecule has 0 aliphatic carbocycles. The van der Waals surface area contributed by atoms with E-state index >= 15 is 0 Å². The van der Waals surface area contributed by atoms with Crippen LogP contribution in [-0.4, -0.2) is 99.9 Å². The molecule has 2 fully saturated rings. The van der Waals surface area contributed by atoms with Gasteiger partial charge in [-0.2, -0.15) is 13.5 Å². The third kappa shape index (κ3) is 7.21. The quantitative estimate of drug-likeness (QED) is 0.0540. The second-order valence-electron chi connectivity index (χ2n) is 12.2. The Hall–Kier alpha value is -4.37. The molecule has 0 radical (unpaired) electrons. The number of carbonyl (C=O) groups is 3. The molecule has 0 unspecified atom stereocenters. The van der Waals surface area contributed by atoms with Crippen molar-refractivity contribution in [1.82, 2.24) is 26.0 Å². The summed E-state index contributed by atoms with van der Waals surface area (Å²) < 4.78 is 41.7. The molecule has 2 saturated heterocycles. The molecule has 4 heterocycles. The average molecular weight is 709 g/mol. The van der Waals surface area contributed by atoms with Gasteiger partial charge >= 0.3 is 16.4 Å². The van der Waals surface area contributed by atoms with Gasteiger partial charge in [0.15, 0.2) is 16.9 Å². The lowest BCUT2D eigenvalue weighted by Crippen LogP contribution is -2.76. The number of nitrogens with two attached hydrogens (primary N) is 1. The van der Waals surface area contributed by atoms with Gasteiger partial charge in [0.1, 0.15) is 23.3 Å². The smallest absolute Gasteiger partial charge is 0.418 e. The van der Waals surface area contributed by atoms with Gasteiger partial charge in [-0.3, -0.25) is 19.6 Å². The number of amides is 2. The molecule has 3 aliphatic rings. The summed E-state index contributed by atoms with van der Waals surface area (Å²) in [7, 11) is -5.03. The minimum atomic E-state index is -5.03. The predicted octanol–water partition coefficient (Wildman–Crippen LogP) is 0.190. The first-order valence-electron chi connectivity index (χ1n) is 14.9. The van der Waals surface area contributed by atoms with Crippen LogP contribution >= 0.6 is 11.3 Å². The van der Waals surface area contributed by atoms with E-state index in [-0.39, 0.29) is 29.1 Å². The highest BCUT2D eigenvalue weighted by Gasteiger charge is 2.58. The number of piperidine rings is 1. The Bertz CT molecular complexity index is 1760. The number of amidine groups is 1. The van der Waals surface area contributed by atoms with E-state index in [0.29, 0.717) is 22.8 Å². The van der Waals surface area contributed by atoms with Crippen LogP contribution in [0.5, 0.6) is 5.75 Å². The summed E-state index contributed by atoms with van der Waals surface area (Å²) >= 11 is 0.965. The number of carboxylic acids is 1. The highest BCUT2D eigenvalue weighted by atomic mass is 32.3. The summed E-state index contributed by atoms with van der Waals surface area (Å²) in [5, 5.41) is 33.4. The number of benzene rings is 1. The standard InChI is InChI=1S/C28H36N8O10S2/c1-27(2)21(24(38)36(27)46-48(41,42)43)34-23(37)20(17-13-47-26(30)33-17)35-45-28(3,25(39)40)19-9-7-14-11-15(6-8-18(14)44-19)22(29)32-16-5-4-10-31-12-16/h6,8,11,13,16,19,21,31H,4-5,7,9-10,12H2,1-3H3,(H2,29,32)(H2,30,33)(H,34,37)(H,39,40)(H,41,42,43)/b35-20-/t16-,19-,21-,28+/m1/s1. The van der Waals surface area contributed by atoms with Crippen molar-refractivity contribution in [2.75, 3.05) is 18.8 Å². The van der Waals surface area contributed by atoms with Crippen LogP contribution in [0.4, 0.5) is 5.13 Å². The van der Waals surface area contributed by atoms with E-state index in [2.05, 4.69) is 30.4 Å². The molecule has 8 N–H and O–H groups in total. The molecule has 48 heavy (non-hydrogen) atoms. The number of nitrogen functional groups attached to an aromatic ring is 1. The number of aryl methyl sites for hydroxylation is 1. The Morgan fingerprint density at radius 2 is 2.06 bits per heavy atom. The van der Waals surface area contributed by atoms with Crippen LogP contribution in [0, 0.1) is 5.41 Å². The first kappa shape index (κ1) is 35.0. The number of carboxylic acid groups (broad SMARTS) is 1. The maximum Gasteiger partial charge on any atom is 0.418 e. The predicted molar refractivity (Wildman–Crippen MR) is 171 cm³/mol. The molecule has 1 aromatic heterocycles. The monoisotopic (exact) mass is 708 g/mol. The zero-order valence-electron chi connectivity index (χ0n) is 26.2. The molecule has 18 nitrogen and oxygen atoms in total. The Balaban J connectivity index is 1.33. The van der Waals surface area contributed by atoms with Crippen LogP contribution in [-0.2, 0) is 40.3 Å². The Kier molecular flexibility index (Phi) is 9.66. The number of nitrogens with one attached hydrogen (secondary N) is 4. The van der Waals surface area contributed by atoms with Gasteiger partial charge in [0, 0.05) is 23.5 Å². The molecule has 4 atom stereocenters. The number of hydrogen-bond donors (Lipinski definition) is 7. The lowest BCUT2D eigenvalue weighted by atomic mass is 9.84. The molecular weight excluding hydrogens is 672 g/mol. The SMILES string of the molecule is CC1(C)[C@H](NC(=O)/C(=N\O[C@](C)(C(=O)O)[C@H]2CCc3cc(C(=N)N[C@@H]4CCCNC4)ccc3O2)c2csc(N)n2)C(=O)N1OS(=O)(=O)O. The number of hydrogen-bond acceptors (Lipinski definition) is 14. The van der Waals surface area contributed by atoms with Crippen LogP contribution < -0.4 is 26.4 Å². The normalized spacial score (nSPS) is 23.5. The van der Waals surface area contributed by atoms with E-state index in [9.17, 15) is 27.9 Å². The van der Waals surface area contributed by atoms with Crippen molar-refractivity contribution in [3.8, 4) is 5.75 Å². The minimum Gasteiger partial charge on any atom is -0.485 e. The number of anilines is 1. The molecule has 0 bridgehead atoms. The van der Waals surface area contributed by atoms with Gasteiger partial charge < -0.3 is 36.4 Å². The van der Waals surface area contributed by atoms with Crippen LogP contribution in [0.15, 0.2) is 28.7 Å². The van der Waals surface area contributed by atoms with Gasteiger partial charge in [-0.25, -0.2) is 9.78 Å². The number of aromatic nitrogens is 1. The van der Waals surface area contributed by atoms with Gasteiger partial charge in [0.25, 0.3) is 17.4 Å². The molecule has 0 saturated carbocycles. The molecular formula is C28H36N8O10S2. The summed E-state index contributed by atoms with van der Waals surface area (Å²) in [6, 6.07) is 4.03. The highest BCUT2D eigenvalue weighted by Crippen LogP contribution is 2.35. The van der Waals surface area contributed by atoms with Gasteiger partial charge in [-0.05, 0) is 76.8 Å². The fraction of sp³-hybridized carbons (Fsp3) is 0.500. The molecule has 0 spiro atoms. The number of β-lactam (4-membered cyclic amide) rings is 1. The number of rotatable bonds is 11. The number of fused-ring (bicyclic) bond motifs is 1. The second-order valence-corrected chi connectivity index (χ2v) is 14.1. The first-order valence-corrected chi connectivity index (χ1v) is 17.1. The molecule has 20 heteroatoms. The largest absolute Gasteiger partial charge is 0.485 e. The maximum absolute atomic E-state index is 13.4. The minimum absolute atomic E-state index is 0.0598. The van der Waals surface area contributed by atoms with Crippen molar-refractivity contribution in [3.63, 3.8) is 0 Å². The van der Waals surface area contributed by atoms with Crippen LogP contribution in [0.3, 0.4) is 0 Å². The highest BCUT2D eigenvalue weighted by molar-refractivity contribution is 7.80. The summed E-state index contributed by atoms with van der Waals surface area (Å²) in [6.07, 6.45) is 1.52. The van der Waals surface area contributed by atoms with Crippen molar-refractivity contribution < 1.29 is 46.3 Å². The fourth-order valence-corrected chi connectivity index (χ4v) is 6.59. The lowest BCUT2D eigenvalue weighted by molar-refractivity contribution is -0.218. The van der Waals surface area contributed by atoms with Gasteiger partial charge in [-0.1, -0.05) is 5.16 Å². The Morgan fingerprint density at radius 1 is 1.31 bits per heavy atom. The third-order valence-corrected chi connectivity index (χ3v) is 9.42. The molecule has 2 amide bonds. The van der Waals surface area contributed by atoms with Gasteiger partial charge in [0.2, 0.25) is 0 Å². The molecule has 1 aromatic carbocycles. The fourth-order valence-electron chi connectivity index (χ4n) is 5.59. The number of hydroxylamine groups is 2. The van der Waals surface area contributed by atoms with Crippen molar-refractivity contribution >= 4 is 56.2 Å². The van der Waals surface area contributed by atoms with Crippen molar-refractivity contribution in [1.29, 1.82) is 5.41 Å². The van der Waals surface area contributed by atoms with E-state index in [1.807, 2.05) is 6.07 Å². The topological polar surface area (TPSA) is 268 Å². The van der Waals surface area contributed by atoms with Crippen LogP contribution in [0.2, 0.25) is 0 Å². The maximum atomic E-state index is 13.4. The molecule has 2 aromatic rings. The number of oxime groups is 1. The van der Waals surface area contributed by atoms with Crippen LogP contribution in [0.1, 0.15) is 56.9 Å². The third-order valence-electron chi connectivity index (χ3n) is 8.41. The zero-order valence-corrected chi connectivity index (χ0v) is 27.8.